The van der Waals surface area contributed by atoms with Crippen molar-refractivity contribution in [1.82, 2.24) is 4.98 Å². The molecule has 2 aromatic carbocycles. The maximum absolute atomic E-state index is 12.9. The van der Waals surface area contributed by atoms with Gasteiger partial charge in [0.05, 0.1) is 13.4 Å². The lowest BCUT2D eigenvalue weighted by atomic mass is 10.0. The van der Waals surface area contributed by atoms with Crippen molar-refractivity contribution >= 4 is 40.1 Å². The van der Waals surface area contributed by atoms with Crippen molar-refractivity contribution < 1.29 is 14.3 Å². The number of rotatable bonds is 6. The van der Waals surface area contributed by atoms with Gasteiger partial charge in [-0.3, -0.25) is 10.1 Å². The van der Waals surface area contributed by atoms with Crippen molar-refractivity contribution in [1.29, 1.82) is 0 Å². The fraction of sp³-hybridized carbons (Fsp3) is 0.200. The Bertz CT molecular complexity index is 1200. The Hall–Kier alpha value is -3.09. The molecule has 5 nitrogen and oxygen atoms in total. The molecule has 0 saturated heterocycles. The number of nitrogens with one attached hydrogen (secondary N) is 1. The van der Waals surface area contributed by atoms with Gasteiger partial charge in [-0.1, -0.05) is 49.7 Å². The second kappa shape index (κ2) is 9.59. The summed E-state index contributed by atoms with van der Waals surface area (Å²) in [5.41, 5.74) is 3.62. The summed E-state index contributed by atoms with van der Waals surface area (Å²) in [4.78, 5) is 18.3. The third kappa shape index (κ3) is 5.03. The van der Waals surface area contributed by atoms with Crippen LogP contribution in [0, 0.1) is 0 Å². The molecule has 1 amide bonds. The van der Waals surface area contributed by atoms with Crippen LogP contribution < -0.4 is 14.8 Å². The molecule has 1 aromatic heterocycles. The summed E-state index contributed by atoms with van der Waals surface area (Å²) in [6.07, 6.45) is 7.35. The van der Waals surface area contributed by atoms with Crippen LogP contribution in [0.4, 0.5) is 5.13 Å². The van der Waals surface area contributed by atoms with Crippen LogP contribution in [-0.4, -0.2) is 18.0 Å². The van der Waals surface area contributed by atoms with Crippen LogP contribution in [0.25, 0.3) is 6.08 Å². The summed E-state index contributed by atoms with van der Waals surface area (Å²) in [5.74, 6) is 1.24. The minimum absolute atomic E-state index is 0.279. The number of fused-ring (bicyclic) bond motifs is 1. The number of carbonyl (C=O) groups excluding carboxylic acids is 1. The topological polar surface area (TPSA) is 60.5 Å². The first-order valence-electron chi connectivity index (χ1n) is 10.2. The zero-order valence-electron chi connectivity index (χ0n) is 18.0. The summed E-state index contributed by atoms with van der Waals surface area (Å²) in [6.45, 7) is 4.36. The van der Waals surface area contributed by atoms with Crippen LogP contribution >= 0.6 is 22.9 Å². The SMILES string of the molecule is COc1cc(Cl)cc2c1OC=CC(C(=O)Nc1ncc(Cc3ccc(C(C)C)cc3)s1)=C2. The van der Waals surface area contributed by atoms with Gasteiger partial charge in [0.15, 0.2) is 16.6 Å². The fourth-order valence-corrected chi connectivity index (χ4v) is 4.40. The van der Waals surface area contributed by atoms with Crippen LogP contribution in [-0.2, 0) is 11.2 Å². The number of anilines is 1. The molecule has 1 aliphatic rings. The zero-order chi connectivity index (χ0) is 22.7. The monoisotopic (exact) mass is 466 g/mol. The predicted octanol–water partition coefficient (Wildman–Crippen LogP) is 6.45. The van der Waals surface area contributed by atoms with Crippen molar-refractivity contribution in [3.8, 4) is 11.5 Å². The van der Waals surface area contributed by atoms with Crippen molar-refractivity contribution in [3.05, 3.63) is 87.1 Å². The molecule has 0 bridgehead atoms. The molecule has 0 atom stereocenters. The van der Waals surface area contributed by atoms with Crippen molar-refractivity contribution in [3.63, 3.8) is 0 Å². The third-order valence-electron chi connectivity index (χ3n) is 5.07. The maximum atomic E-state index is 12.9. The van der Waals surface area contributed by atoms with Crippen molar-refractivity contribution in [2.45, 2.75) is 26.2 Å². The van der Waals surface area contributed by atoms with Gasteiger partial charge in [-0.05, 0) is 35.3 Å². The van der Waals surface area contributed by atoms with Gasteiger partial charge in [0.25, 0.3) is 5.91 Å². The molecule has 3 aromatic rings. The Morgan fingerprint density at radius 2 is 2.03 bits per heavy atom. The molecule has 0 saturated carbocycles. The summed E-state index contributed by atoms with van der Waals surface area (Å²) >= 11 is 7.63. The number of methoxy groups -OCH3 is 1. The largest absolute Gasteiger partial charge is 0.493 e. The number of halogens is 1. The van der Waals surface area contributed by atoms with Gasteiger partial charge in [0.2, 0.25) is 0 Å². The molecular formula is C25H23ClN2O3S. The first kappa shape index (κ1) is 22.1. The molecular weight excluding hydrogens is 444 g/mol. The number of amides is 1. The van der Waals surface area contributed by atoms with Crippen LogP contribution in [0.15, 0.2) is 60.5 Å². The Morgan fingerprint density at radius 3 is 2.75 bits per heavy atom. The molecule has 0 fully saturated rings. The molecule has 0 aliphatic carbocycles. The number of thiazole rings is 1. The Balaban J connectivity index is 1.47. The van der Waals surface area contributed by atoms with Crippen LogP contribution in [0.2, 0.25) is 5.02 Å². The zero-order valence-corrected chi connectivity index (χ0v) is 19.6. The number of aromatic nitrogens is 1. The highest BCUT2D eigenvalue weighted by Gasteiger charge is 2.17. The van der Waals surface area contributed by atoms with E-state index in [1.807, 2.05) is 0 Å². The summed E-state index contributed by atoms with van der Waals surface area (Å²) in [6, 6.07) is 12.0. The van der Waals surface area contributed by atoms with E-state index in [-0.39, 0.29) is 5.91 Å². The highest BCUT2D eigenvalue weighted by atomic mass is 35.5. The van der Waals surface area contributed by atoms with E-state index >= 15 is 0 Å². The third-order valence-corrected chi connectivity index (χ3v) is 6.20. The first-order valence-corrected chi connectivity index (χ1v) is 11.4. The summed E-state index contributed by atoms with van der Waals surface area (Å²) in [5, 5.41) is 3.91. The van der Waals surface area contributed by atoms with E-state index in [2.05, 4.69) is 48.4 Å². The smallest absolute Gasteiger partial charge is 0.257 e. The average Bonchev–Trinajstić information content (AvgIpc) is 3.08. The van der Waals surface area contributed by atoms with E-state index in [1.165, 1.54) is 28.7 Å². The van der Waals surface area contributed by atoms with Gasteiger partial charge in [0.1, 0.15) is 0 Å². The molecule has 1 aliphatic heterocycles. The first-order chi connectivity index (χ1) is 15.4. The van der Waals surface area contributed by atoms with Gasteiger partial charge >= 0.3 is 0 Å². The maximum Gasteiger partial charge on any atom is 0.257 e. The Kier molecular flexibility index (Phi) is 6.63. The van der Waals surface area contributed by atoms with E-state index in [0.29, 0.717) is 38.7 Å². The Labute approximate surface area is 196 Å². The number of hydrogen-bond donors (Lipinski definition) is 1. The molecule has 0 radical (unpaired) electrons. The quantitative estimate of drug-likeness (QED) is 0.453. The summed E-state index contributed by atoms with van der Waals surface area (Å²) < 4.78 is 11.0. The van der Waals surface area contributed by atoms with Crippen molar-refractivity contribution in [2.24, 2.45) is 0 Å². The normalized spacial score (nSPS) is 12.6. The highest BCUT2D eigenvalue weighted by molar-refractivity contribution is 7.15. The van der Waals surface area contributed by atoms with E-state index in [9.17, 15) is 4.79 Å². The lowest BCUT2D eigenvalue weighted by Gasteiger charge is -2.10. The molecule has 164 valence electrons. The van der Waals surface area contributed by atoms with E-state index < -0.39 is 0 Å². The Morgan fingerprint density at radius 1 is 1.25 bits per heavy atom. The average molecular weight is 467 g/mol. The molecule has 0 unspecified atom stereocenters. The second-order valence-electron chi connectivity index (χ2n) is 7.71. The lowest BCUT2D eigenvalue weighted by molar-refractivity contribution is -0.112. The number of nitrogens with zero attached hydrogens (tertiary/aromatic N) is 1. The van der Waals surface area contributed by atoms with E-state index in [0.717, 1.165) is 11.3 Å². The number of carbonyl (C=O) groups is 1. The van der Waals surface area contributed by atoms with Gasteiger partial charge in [-0.2, -0.15) is 0 Å². The number of hydrogen-bond acceptors (Lipinski definition) is 5. The molecule has 4 rings (SSSR count). The van der Waals surface area contributed by atoms with Crippen LogP contribution in [0.5, 0.6) is 11.5 Å². The summed E-state index contributed by atoms with van der Waals surface area (Å²) in [7, 11) is 1.54. The van der Waals surface area contributed by atoms with E-state index in [1.54, 1.807) is 37.6 Å². The number of ether oxygens (including phenoxy) is 2. The molecule has 2 heterocycles. The highest BCUT2D eigenvalue weighted by Crippen LogP contribution is 2.37. The van der Waals surface area contributed by atoms with Gasteiger partial charge in [-0.25, -0.2) is 4.98 Å². The molecule has 7 heteroatoms. The minimum atomic E-state index is -0.279. The predicted molar refractivity (Wildman–Crippen MR) is 130 cm³/mol. The number of benzene rings is 2. The van der Waals surface area contributed by atoms with Gasteiger partial charge in [0, 0.05) is 39.7 Å². The molecule has 1 N–H and O–H groups in total. The standard InChI is InChI=1S/C25H23ClN2O3S/c1-15(2)17-6-4-16(5-7-17)10-21-14-27-25(32-21)28-24(29)18-8-9-31-23-19(11-18)12-20(26)13-22(23)30-3/h4-9,11-15H,10H2,1-3H3,(H,27,28,29). The van der Waals surface area contributed by atoms with Crippen LogP contribution in [0.1, 0.15) is 41.3 Å². The molecule has 32 heavy (non-hydrogen) atoms. The lowest BCUT2D eigenvalue weighted by Crippen LogP contribution is -2.12. The van der Waals surface area contributed by atoms with E-state index in [4.69, 9.17) is 21.1 Å². The fourth-order valence-electron chi connectivity index (χ4n) is 3.34. The second-order valence-corrected chi connectivity index (χ2v) is 9.26. The molecule has 0 spiro atoms. The van der Waals surface area contributed by atoms with Gasteiger partial charge < -0.3 is 9.47 Å². The minimum Gasteiger partial charge on any atom is -0.493 e. The van der Waals surface area contributed by atoms with Gasteiger partial charge in [-0.15, -0.1) is 11.3 Å². The van der Waals surface area contributed by atoms with Crippen molar-refractivity contribution in [2.75, 3.05) is 12.4 Å². The van der Waals surface area contributed by atoms with Crippen LogP contribution in [0.3, 0.4) is 0 Å².